The van der Waals surface area contributed by atoms with Gasteiger partial charge in [-0.05, 0) is 0 Å². The molecule has 0 saturated carbocycles. The van der Waals surface area contributed by atoms with E-state index >= 15 is 0 Å². The molecule has 0 spiro atoms. The quantitative estimate of drug-likeness (QED) is 0.469. The Bertz CT molecular complexity index is 121. The van der Waals surface area contributed by atoms with Crippen LogP contribution in [0.4, 0.5) is 0 Å². The fourth-order valence-corrected chi connectivity index (χ4v) is 0.300. The molecule has 0 atom stereocenters. The highest BCUT2D eigenvalue weighted by Gasteiger charge is 2.26. The molecular weight excluding hydrogens is 286 g/mol. The molecule has 0 bridgehead atoms. The molecule has 104 valence electrons. The van der Waals surface area contributed by atoms with Crippen molar-refractivity contribution >= 4 is 43.2 Å². The largest absolute Gasteiger partial charge is 0.481 e. The number of hydrogen-bond donors (Lipinski definition) is 5. The number of aliphatic hydroxyl groups excluding tert-OH is 4. The molecule has 16 heavy (non-hydrogen) atoms. The average Bonchev–Trinajstić information content (AvgIpc) is 2.09. The van der Waals surface area contributed by atoms with Crippen molar-refractivity contribution in [2.75, 3.05) is 26.4 Å². The zero-order valence-electron chi connectivity index (χ0n) is 8.70. The van der Waals surface area contributed by atoms with Gasteiger partial charge < -0.3 is 25.5 Å². The molecule has 0 rings (SSSR count). The van der Waals surface area contributed by atoms with E-state index in [9.17, 15) is 0 Å². The van der Waals surface area contributed by atoms with E-state index in [0.29, 0.717) is 0 Å². The summed E-state index contributed by atoms with van der Waals surface area (Å²) < 4.78 is 0. The van der Waals surface area contributed by atoms with Crippen LogP contribution in [0.1, 0.15) is 6.92 Å². The lowest BCUT2D eigenvalue weighted by Crippen LogP contribution is -2.37. The molecular formula is C7H19Cl3O6. The third-order valence-electron chi connectivity index (χ3n) is 1.34. The number of halogens is 3. The summed E-state index contributed by atoms with van der Waals surface area (Å²) in [5.41, 5.74) is -1.11. The van der Waals surface area contributed by atoms with E-state index in [2.05, 4.69) is 0 Å². The Morgan fingerprint density at radius 1 is 0.875 bits per heavy atom. The molecule has 0 aliphatic carbocycles. The Labute approximate surface area is 113 Å². The number of rotatable bonds is 4. The molecule has 0 saturated heterocycles. The van der Waals surface area contributed by atoms with Crippen LogP contribution in [0.25, 0.3) is 0 Å². The molecule has 0 aliphatic heterocycles. The van der Waals surface area contributed by atoms with E-state index < -0.39 is 37.8 Å². The molecule has 0 aromatic carbocycles. The van der Waals surface area contributed by atoms with Crippen molar-refractivity contribution in [2.24, 2.45) is 5.41 Å². The maximum atomic E-state index is 9.00. The van der Waals surface area contributed by atoms with Crippen molar-refractivity contribution in [3.63, 3.8) is 0 Å². The van der Waals surface area contributed by atoms with Gasteiger partial charge in [0.2, 0.25) is 0 Å². The third kappa shape index (κ3) is 16.6. The molecule has 0 radical (unpaired) electrons. The van der Waals surface area contributed by atoms with Crippen molar-refractivity contribution in [2.45, 2.75) is 6.92 Å². The van der Waals surface area contributed by atoms with Gasteiger partial charge in [0.1, 0.15) is 0 Å². The van der Waals surface area contributed by atoms with Crippen LogP contribution in [0.5, 0.6) is 0 Å². The first-order valence-electron chi connectivity index (χ1n) is 3.61. The van der Waals surface area contributed by atoms with Crippen LogP contribution >= 0.6 is 37.2 Å². The number of carbonyl (C=O) groups is 1. The second-order valence-corrected chi connectivity index (χ2v) is 2.65. The van der Waals surface area contributed by atoms with Crippen LogP contribution in [0.15, 0.2) is 0 Å². The maximum absolute atomic E-state index is 9.00. The van der Waals surface area contributed by atoms with Gasteiger partial charge in [0.15, 0.2) is 0 Å². The minimum atomic E-state index is -1.11. The average molecular weight is 306 g/mol. The second kappa shape index (κ2) is 17.6. The van der Waals surface area contributed by atoms with Crippen molar-refractivity contribution < 1.29 is 30.3 Å². The topological polar surface area (TPSA) is 118 Å². The Hall–Kier alpha value is 0.180. The summed E-state index contributed by atoms with van der Waals surface area (Å²) in [6.45, 7) is -0.542. The zero-order valence-corrected chi connectivity index (χ0v) is 11.1. The highest BCUT2D eigenvalue weighted by atomic mass is 35.5. The number of carboxylic acids is 1. The number of carboxylic acid groups (broad SMARTS) is 1. The lowest BCUT2D eigenvalue weighted by Gasteiger charge is -2.23. The first kappa shape index (κ1) is 29.8. The molecule has 0 unspecified atom stereocenters. The van der Waals surface area contributed by atoms with Gasteiger partial charge in [0, 0.05) is 6.92 Å². The predicted molar refractivity (Wildman–Crippen MR) is 65.8 cm³/mol. The zero-order chi connectivity index (χ0) is 10.9. The van der Waals surface area contributed by atoms with Gasteiger partial charge in [0.05, 0.1) is 31.8 Å². The fourth-order valence-electron chi connectivity index (χ4n) is 0.300. The van der Waals surface area contributed by atoms with Crippen molar-refractivity contribution in [1.29, 1.82) is 0 Å². The van der Waals surface area contributed by atoms with Crippen molar-refractivity contribution in [3.8, 4) is 0 Å². The summed E-state index contributed by atoms with van der Waals surface area (Å²) in [4.78, 5) is 9.00. The Morgan fingerprint density at radius 2 is 1.00 bits per heavy atom. The Balaban J connectivity index is -0.0000000511. The molecule has 0 heterocycles. The van der Waals surface area contributed by atoms with Crippen molar-refractivity contribution in [3.05, 3.63) is 0 Å². The van der Waals surface area contributed by atoms with Gasteiger partial charge >= 0.3 is 0 Å². The molecule has 6 nitrogen and oxygen atoms in total. The maximum Gasteiger partial charge on any atom is 0.300 e. The van der Waals surface area contributed by atoms with E-state index in [4.69, 9.17) is 30.3 Å². The molecule has 0 amide bonds. The lowest BCUT2D eigenvalue weighted by molar-refractivity contribution is -0.134. The molecule has 0 fully saturated rings. The molecule has 9 heteroatoms. The molecule has 5 N–H and O–H groups in total. The van der Waals surface area contributed by atoms with Crippen LogP contribution in [0.3, 0.4) is 0 Å². The van der Waals surface area contributed by atoms with E-state index in [1.807, 2.05) is 0 Å². The summed E-state index contributed by atoms with van der Waals surface area (Å²) >= 11 is 0. The second-order valence-electron chi connectivity index (χ2n) is 2.65. The first-order valence-corrected chi connectivity index (χ1v) is 3.61. The number of hydrogen-bond acceptors (Lipinski definition) is 5. The van der Waals surface area contributed by atoms with Gasteiger partial charge in [-0.25, -0.2) is 0 Å². The SMILES string of the molecule is CC(=O)O.Cl.Cl.Cl.OCC(CO)(CO)CO. The van der Waals surface area contributed by atoms with Gasteiger partial charge in [-0.3, -0.25) is 4.79 Å². The van der Waals surface area contributed by atoms with E-state index in [-0.39, 0.29) is 37.2 Å². The van der Waals surface area contributed by atoms with Crippen LogP contribution < -0.4 is 0 Å². The molecule has 0 aromatic heterocycles. The van der Waals surface area contributed by atoms with Crippen LogP contribution in [-0.4, -0.2) is 57.9 Å². The lowest BCUT2D eigenvalue weighted by atomic mass is 9.93. The standard InChI is InChI=1S/C5H12O4.C2H4O2.3ClH/c6-1-5(2-7,3-8)4-9;1-2(3)4;;;/h6-9H,1-4H2;1H3,(H,3,4);3*1H. The predicted octanol–water partition coefficient (Wildman–Crippen LogP) is -0.702. The van der Waals surface area contributed by atoms with Gasteiger partial charge in [-0.1, -0.05) is 0 Å². The van der Waals surface area contributed by atoms with E-state index in [1.165, 1.54) is 0 Å². The minimum absolute atomic E-state index is 0. The van der Waals surface area contributed by atoms with Crippen LogP contribution in [0, 0.1) is 5.41 Å². The third-order valence-corrected chi connectivity index (χ3v) is 1.34. The summed E-state index contributed by atoms with van der Waals surface area (Å²) in [6, 6.07) is 0. The number of aliphatic carboxylic acids is 1. The highest BCUT2D eigenvalue weighted by Crippen LogP contribution is 2.11. The van der Waals surface area contributed by atoms with Crippen LogP contribution in [0.2, 0.25) is 0 Å². The Kier molecular flexibility index (Phi) is 32.8. The molecule has 0 aliphatic rings. The monoisotopic (exact) mass is 304 g/mol. The summed E-state index contributed by atoms with van der Waals surface area (Å²) in [6.07, 6.45) is 0. The van der Waals surface area contributed by atoms with Gasteiger partial charge in [-0.15, -0.1) is 37.2 Å². The summed E-state index contributed by atoms with van der Waals surface area (Å²) in [7, 11) is 0. The minimum Gasteiger partial charge on any atom is -0.481 e. The normalized spacial score (nSPS) is 8.31. The highest BCUT2D eigenvalue weighted by molar-refractivity contribution is 5.86. The van der Waals surface area contributed by atoms with E-state index in [0.717, 1.165) is 6.92 Å². The van der Waals surface area contributed by atoms with Crippen molar-refractivity contribution in [1.82, 2.24) is 0 Å². The number of aliphatic hydroxyl groups is 4. The fraction of sp³-hybridized carbons (Fsp3) is 0.857. The summed E-state index contributed by atoms with van der Waals surface area (Å²) in [5, 5.41) is 41.4. The molecule has 0 aromatic rings. The smallest absolute Gasteiger partial charge is 0.300 e. The van der Waals surface area contributed by atoms with E-state index in [1.54, 1.807) is 0 Å². The van der Waals surface area contributed by atoms with Gasteiger partial charge in [0.25, 0.3) is 5.97 Å². The van der Waals surface area contributed by atoms with Crippen LogP contribution in [-0.2, 0) is 4.79 Å². The first-order chi connectivity index (χ1) is 5.97. The Morgan fingerprint density at radius 3 is 1.00 bits per heavy atom. The van der Waals surface area contributed by atoms with Gasteiger partial charge in [-0.2, -0.15) is 0 Å². The summed E-state index contributed by atoms with van der Waals surface area (Å²) in [5.74, 6) is -0.833.